The number of carboxylic acids is 1. The molecule has 11 heteroatoms. The molecule has 1 aromatic carbocycles. The highest BCUT2D eigenvalue weighted by Gasteiger charge is 2.53. The lowest BCUT2D eigenvalue weighted by molar-refractivity contribution is 0.0477. The average Bonchev–Trinajstić information content (AvgIpc) is 3.40. The normalized spacial score (nSPS) is 22.0. The molecule has 1 saturated carbocycles. The number of nitrogens with zero attached hydrogens (tertiary/aromatic N) is 2. The number of halogens is 1. The van der Waals surface area contributed by atoms with Crippen LogP contribution < -0.4 is 20.5 Å². The Morgan fingerprint density at radius 3 is 2.65 bits per heavy atom. The second-order valence-electron chi connectivity index (χ2n) is 11.1. The first kappa shape index (κ1) is 25.3. The summed E-state index contributed by atoms with van der Waals surface area (Å²) in [6.45, 7) is 6.65. The number of amides is 1. The van der Waals surface area contributed by atoms with Gasteiger partial charge in [0.1, 0.15) is 23.5 Å². The monoisotopic (exact) mass is 517 g/mol. The largest absolute Gasteiger partial charge is 0.487 e. The van der Waals surface area contributed by atoms with Crippen LogP contribution in [0.25, 0.3) is 10.9 Å². The van der Waals surface area contributed by atoms with Gasteiger partial charge in [-0.15, -0.1) is 0 Å². The van der Waals surface area contributed by atoms with Gasteiger partial charge in [0.2, 0.25) is 0 Å². The number of hydrogen-bond acceptors (Lipinski definition) is 7. The summed E-state index contributed by atoms with van der Waals surface area (Å²) in [4.78, 5) is 39.2. The fourth-order valence-electron chi connectivity index (χ4n) is 5.63. The van der Waals surface area contributed by atoms with Crippen molar-refractivity contribution in [3.05, 3.63) is 33.9 Å². The molecule has 37 heavy (non-hydrogen) atoms. The maximum absolute atomic E-state index is 15.6. The lowest BCUT2D eigenvalue weighted by Gasteiger charge is -2.32. The van der Waals surface area contributed by atoms with Crippen LogP contribution in [0.1, 0.15) is 56.4 Å². The van der Waals surface area contributed by atoms with E-state index >= 15 is 4.39 Å². The summed E-state index contributed by atoms with van der Waals surface area (Å²) < 4.78 is 33.7. The van der Waals surface area contributed by atoms with Crippen LogP contribution in [0.5, 0.6) is 5.75 Å². The van der Waals surface area contributed by atoms with Crippen molar-refractivity contribution in [1.29, 1.82) is 0 Å². The number of pyridine rings is 1. The molecule has 2 aromatic rings. The summed E-state index contributed by atoms with van der Waals surface area (Å²) in [6, 6.07) is 1.90. The Hall–Kier alpha value is -3.34. The molecule has 5 rings (SSSR count). The topological polar surface area (TPSA) is 119 Å². The highest BCUT2D eigenvalue weighted by molar-refractivity contribution is 5.97. The number of anilines is 1. The van der Waals surface area contributed by atoms with Crippen molar-refractivity contribution in [2.24, 2.45) is 5.92 Å². The smallest absolute Gasteiger partial charge is 0.408 e. The van der Waals surface area contributed by atoms with Crippen molar-refractivity contribution in [2.45, 2.75) is 57.2 Å². The number of aromatic nitrogens is 1. The third-order valence-electron chi connectivity index (χ3n) is 7.40. The first-order valence-corrected chi connectivity index (χ1v) is 12.5. The van der Waals surface area contributed by atoms with E-state index in [-0.39, 0.29) is 41.5 Å². The van der Waals surface area contributed by atoms with Crippen LogP contribution in [0.15, 0.2) is 16.9 Å². The molecule has 200 valence electrons. The van der Waals surface area contributed by atoms with Crippen LogP contribution in [0.3, 0.4) is 0 Å². The van der Waals surface area contributed by atoms with E-state index in [0.29, 0.717) is 18.6 Å². The van der Waals surface area contributed by atoms with Gasteiger partial charge < -0.3 is 29.5 Å². The fraction of sp³-hybridized carbons (Fsp3) is 0.577. The van der Waals surface area contributed by atoms with Crippen molar-refractivity contribution >= 4 is 28.7 Å². The maximum Gasteiger partial charge on any atom is 0.408 e. The molecule has 2 fully saturated rings. The molecule has 1 unspecified atom stereocenters. The number of aromatic carboxylic acids is 1. The molecule has 0 bridgehead atoms. The summed E-state index contributed by atoms with van der Waals surface area (Å²) in [5.41, 5.74) is -1.50. The van der Waals surface area contributed by atoms with Gasteiger partial charge >= 0.3 is 12.1 Å². The molecule has 1 aromatic heterocycles. The number of nitrogens with one attached hydrogen (secondary N) is 1. The van der Waals surface area contributed by atoms with Crippen LogP contribution in [0.2, 0.25) is 0 Å². The van der Waals surface area contributed by atoms with Crippen molar-refractivity contribution in [1.82, 2.24) is 9.88 Å². The average molecular weight is 518 g/mol. The van der Waals surface area contributed by atoms with Crippen molar-refractivity contribution < 1.29 is 33.3 Å². The zero-order valence-corrected chi connectivity index (χ0v) is 21.4. The Morgan fingerprint density at radius 1 is 1.30 bits per heavy atom. The number of alkyl carbamates (subject to hydrolysis) is 1. The molecular weight excluding hydrogens is 485 g/mol. The molecule has 2 aliphatic heterocycles. The van der Waals surface area contributed by atoms with E-state index in [1.54, 1.807) is 0 Å². The van der Waals surface area contributed by atoms with E-state index in [9.17, 15) is 19.5 Å². The molecule has 10 nitrogen and oxygen atoms in total. The lowest BCUT2D eigenvalue weighted by Crippen LogP contribution is -2.46. The minimum atomic E-state index is -1.38. The van der Waals surface area contributed by atoms with Crippen LogP contribution in [0, 0.1) is 11.7 Å². The summed E-state index contributed by atoms with van der Waals surface area (Å²) in [5.74, 6) is -1.62. The SMILES string of the molecule is COCC1COc2c(N3CC[C@@H](C4(NC(=O)OC(C)(C)C)CC4)C3)c(F)cc3cc(C(=O)O)c(=O)n1c23. The zero-order valence-electron chi connectivity index (χ0n) is 21.4. The molecule has 0 spiro atoms. The Kier molecular flexibility index (Phi) is 6.09. The molecule has 3 aliphatic rings. The van der Waals surface area contributed by atoms with Crippen LogP contribution in [-0.4, -0.2) is 66.3 Å². The summed E-state index contributed by atoms with van der Waals surface area (Å²) >= 11 is 0. The molecule has 1 amide bonds. The molecule has 2 atom stereocenters. The second kappa shape index (κ2) is 8.90. The van der Waals surface area contributed by atoms with Crippen molar-refractivity contribution in [2.75, 3.05) is 38.3 Å². The maximum atomic E-state index is 15.6. The van der Waals surface area contributed by atoms with Gasteiger partial charge in [0.05, 0.1) is 18.2 Å². The summed E-state index contributed by atoms with van der Waals surface area (Å²) in [6.07, 6.45) is 1.93. The van der Waals surface area contributed by atoms with Crippen LogP contribution in [0.4, 0.5) is 14.9 Å². The number of carbonyl (C=O) groups excluding carboxylic acids is 1. The van der Waals surface area contributed by atoms with Crippen LogP contribution >= 0.6 is 0 Å². The van der Waals surface area contributed by atoms with E-state index in [0.717, 1.165) is 19.3 Å². The zero-order chi connectivity index (χ0) is 26.7. The van der Waals surface area contributed by atoms with Gasteiger partial charge in [0.15, 0.2) is 11.6 Å². The molecule has 3 heterocycles. The van der Waals surface area contributed by atoms with Gasteiger partial charge in [0, 0.05) is 37.0 Å². The second-order valence-corrected chi connectivity index (χ2v) is 11.1. The number of ether oxygens (including phenoxy) is 3. The predicted molar refractivity (Wildman–Crippen MR) is 133 cm³/mol. The number of benzene rings is 1. The number of carbonyl (C=O) groups is 2. The minimum absolute atomic E-state index is 0.0385. The predicted octanol–water partition coefficient (Wildman–Crippen LogP) is 3.30. The number of hydrogen-bond donors (Lipinski definition) is 2. The van der Waals surface area contributed by atoms with Gasteiger partial charge in [-0.3, -0.25) is 9.36 Å². The Balaban J connectivity index is 1.50. The van der Waals surface area contributed by atoms with E-state index in [4.69, 9.17) is 14.2 Å². The number of carboxylic acid groups (broad SMARTS) is 1. The quantitative estimate of drug-likeness (QED) is 0.599. The number of methoxy groups -OCH3 is 1. The van der Waals surface area contributed by atoms with Gasteiger partial charge in [-0.05, 0) is 52.2 Å². The summed E-state index contributed by atoms with van der Waals surface area (Å²) in [7, 11) is 1.48. The van der Waals surface area contributed by atoms with Crippen LogP contribution in [-0.2, 0) is 9.47 Å². The minimum Gasteiger partial charge on any atom is -0.487 e. The Labute approximate surface area is 213 Å². The standard InChI is InChI=1S/C26H32FN3O7/c1-25(2,3)37-24(34)28-26(6-7-26)15-5-8-29(11-15)20-18(27)10-14-9-17(23(32)33)22(31)30-16(12-35-4)13-36-21(20)19(14)30/h9-10,15-16H,5-8,11-13H2,1-4H3,(H,28,34)(H,32,33)/t15-,16?/m1/s1. The molecule has 0 radical (unpaired) electrons. The molecule has 2 N–H and O–H groups in total. The Bertz CT molecular complexity index is 1330. The lowest BCUT2D eigenvalue weighted by atomic mass is 9.96. The summed E-state index contributed by atoms with van der Waals surface area (Å²) in [5, 5.41) is 12.9. The highest BCUT2D eigenvalue weighted by atomic mass is 19.1. The van der Waals surface area contributed by atoms with Gasteiger partial charge in [-0.2, -0.15) is 0 Å². The van der Waals surface area contributed by atoms with E-state index in [1.165, 1.54) is 23.8 Å². The van der Waals surface area contributed by atoms with Gasteiger partial charge in [-0.1, -0.05) is 0 Å². The number of rotatable bonds is 6. The molecule has 1 saturated heterocycles. The molecular formula is C26H32FN3O7. The van der Waals surface area contributed by atoms with Gasteiger partial charge in [-0.25, -0.2) is 14.0 Å². The Morgan fingerprint density at radius 2 is 2.03 bits per heavy atom. The molecule has 1 aliphatic carbocycles. The van der Waals surface area contributed by atoms with E-state index in [1.807, 2.05) is 25.7 Å². The van der Waals surface area contributed by atoms with Crippen molar-refractivity contribution in [3.8, 4) is 5.75 Å². The van der Waals surface area contributed by atoms with E-state index in [2.05, 4.69) is 5.32 Å². The highest BCUT2D eigenvalue weighted by Crippen LogP contribution is 2.49. The fourth-order valence-corrected chi connectivity index (χ4v) is 5.63. The third kappa shape index (κ3) is 4.49. The van der Waals surface area contributed by atoms with Crippen molar-refractivity contribution in [3.63, 3.8) is 0 Å². The van der Waals surface area contributed by atoms with E-state index < -0.39 is 40.6 Å². The first-order valence-electron chi connectivity index (χ1n) is 12.5. The van der Waals surface area contributed by atoms with Gasteiger partial charge in [0.25, 0.3) is 5.56 Å². The first-order chi connectivity index (χ1) is 17.4. The third-order valence-corrected chi connectivity index (χ3v) is 7.40.